The molecule has 0 amide bonds. The highest BCUT2D eigenvalue weighted by molar-refractivity contribution is 5.87. The van der Waals surface area contributed by atoms with Crippen LogP contribution in [0.15, 0.2) is 90.5 Å². The summed E-state index contributed by atoms with van der Waals surface area (Å²) in [5.74, 6) is -1.02. The van der Waals surface area contributed by atoms with Crippen LogP contribution in [0.2, 0.25) is 0 Å². The highest BCUT2D eigenvalue weighted by atomic mass is 16.4. The van der Waals surface area contributed by atoms with E-state index in [1.54, 1.807) is 69.9 Å². The van der Waals surface area contributed by atoms with E-state index in [1.165, 1.54) is 12.3 Å². The number of carbonyl (C=O) groups is 1. The lowest BCUT2D eigenvalue weighted by atomic mass is 10.0. The van der Waals surface area contributed by atoms with Gasteiger partial charge < -0.3 is 15.3 Å². The third kappa shape index (κ3) is 4.85. The summed E-state index contributed by atoms with van der Waals surface area (Å²) >= 11 is 0. The van der Waals surface area contributed by atoms with Crippen molar-refractivity contribution >= 4 is 22.9 Å². The topological polar surface area (TPSA) is 134 Å². The van der Waals surface area contributed by atoms with E-state index in [0.717, 1.165) is 5.56 Å². The largest absolute Gasteiger partial charge is 0.508 e. The van der Waals surface area contributed by atoms with Gasteiger partial charge in [0.2, 0.25) is 0 Å². The maximum Gasteiger partial charge on any atom is 0.335 e. The summed E-state index contributed by atoms with van der Waals surface area (Å²) in [6.45, 7) is 5.30. The van der Waals surface area contributed by atoms with E-state index in [2.05, 4.69) is 21.4 Å². The van der Waals surface area contributed by atoms with Gasteiger partial charge in [0.15, 0.2) is 5.65 Å². The van der Waals surface area contributed by atoms with Crippen LogP contribution in [0.3, 0.4) is 0 Å². The number of aliphatic hydroxyl groups is 1. The summed E-state index contributed by atoms with van der Waals surface area (Å²) in [5, 5.41) is 29.8. The quantitative estimate of drug-likeness (QED) is 0.250. The lowest BCUT2D eigenvalue weighted by molar-refractivity contribution is 0.0696. The molecule has 1 atom stereocenters. The summed E-state index contributed by atoms with van der Waals surface area (Å²) in [6, 6.07) is 18.6. The molecule has 0 spiro atoms. The monoisotopic (exact) mass is 549 g/mol. The number of hydrogen-bond donors (Lipinski definition) is 3. The first kappa shape index (κ1) is 26.0. The fraction of sp³-hybridized carbons (Fsp3) is 0.161. The molecule has 0 bridgehead atoms. The molecule has 0 aliphatic carbocycles. The van der Waals surface area contributed by atoms with Crippen molar-refractivity contribution in [2.45, 2.75) is 19.0 Å². The fourth-order valence-corrected chi connectivity index (χ4v) is 5.47. The third-order valence-electron chi connectivity index (χ3n) is 7.46. The van der Waals surface area contributed by atoms with Crippen LogP contribution in [0.5, 0.6) is 5.75 Å². The Labute approximate surface area is 234 Å². The number of rotatable bonds is 7. The number of carboxylic acid groups (broad SMARTS) is 1. The van der Waals surface area contributed by atoms with Gasteiger partial charge in [0.1, 0.15) is 11.5 Å². The Morgan fingerprint density at radius 1 is 0.976 bits per heavy atom. The highest BCUT2D eigenvalue weighted by Crippen LogP contribution is 2.33. The predicted octanol–water partition coefficient (Wildman–Crippen LogP) is 4.63. The van der Waals surface area contributed by atoms with Crippen molar-refractivity contribution in [2.75, 3.05) is 13.1 Å². The minimum absolute atomic E-state index is 0.0119. The van der Waals surface area contributed by atoms with Crippen LogP contribution in [-0.2, 0) is 6.54 Å². The Bertz CT molecular complexity index is 1860. The molecule has 3 aromatic heterocycles. The van der Waals surface area contributed by atoms with Crippen LogP contribution in [0.4, 0.5) is 0 Å². The number of phenols is 1. The zero-order valence-electron chi connectivity index (χ0n) is 22.0. The van der Waals surface area contributed by atoms with Crippen molar-refractivity contribution in [2.24, 2.45) is 0 Å². The number of pyridine rings is 2. The van der Waals surface area contributed by atoms with Gasteiger partial charge in [-0.1, -0.05) is 30.8 Å². The van der Waals surface area contributed by atoms with Gasteiger partial charge >= 0.3 is 11.7 Å². The Morgan fingerprint density at radius 2 is 1.78 bits per heavy atom. The molecule has 10 nitrogen and oxygen atoms in total. The first-order valence-corrected chi connectivity index (χ1v) is 13.1. The predicted molar refractivity (Wildman–Crippen MR) is 154 cm³/mol. The summed E-state index contributed by atoms with van der Waals surface area (Å²) in [5.41, 5.74) is 4.22. The van der Waals surface area contributed by atoms with E-state index in [4.69, 9.17) is 0 Å². The SMILES string of the molecule is C=C(O)c1ccc(-c2ccc(-n3c(=O)n([C@H]4CCN(Cc5cc(C(=O)O)ccn5)C4)c4ncccc43)cc2O)cc1. The number of aromatic hydroxyl groups is 1. The second-order valence-corrected chi connectivity index (χ2v) is 10.1. The number of phenolic OH excluding ortho intramolecular Hbond substituents is 1. The van der Waals surface area contributed by atoms with Crippen molar-refractivity contribution < 1.29 is 20.1 Å². The molecule has 5 aromatic rings. The number of imidazole rings is 1. The molecule has 0 unspecified atom stereocenters. The summed E-state index contributed by atoms with van der Waals surface area (Å²) in [6.07, 6.45) is 3.87. The van der Waals surface area contributed by atoms with Crippen LogP contribution in [0.1, 0.15) is 34.1 Å². The number of aliphatic hydroxyl groups excluding tert-OH is 1. The Morgan fingerprint density at radius 3 is 2.51 bits per heavy atom. The highest BCUT2D eigenvalue weighted by Gasteiger charge is 2.29. The van der Waals surface area contributed by atoms with Crippen LogP contribution in [-0.4, -0.2) is 58.4 Å². The van der Waals surface area contributed by atoms with Crippen LogP contribution >= 0.6 is 0 Å². The average molecular weight is 550 g/mol. The van der Waals surface area contributed by atoms with Gasteiger partial charge in [0.25, 0.3) is 0 Å². The lowest BCUT2D eigenvalue weighted by Gasteiger charge is -2.16. The Kier molecular flexibility index (Phi) is 6.60. The first-order valence-electron chi connectivity index (χ1n) is 13.1. The van der Waals surface area contributed by atoms with Crippen LogP contribution in [0.25, 0.3) is 33.7 Å². The minimum atomic E-state index is -0.997. The van der Waals surface area contributed by atoms with Crippen molar-refractivity contribution in [3.05, 3.63) is 113 Å². The van der Waals surface area contributed by atoms with Gasteiger partial charge in [0.05, 0.1) is 28.5 Å². The van der Waals surface area contributed by atoms with E-state index >= 15 is 0 Å². The van der Waals surface area contributed by atoms with Gasteiger partial charge in [-0.15, -0.1) is 0 Å². The van der Waals surface area contributed by atoms with Gasteiger partial charge in [-0.25, -0.2) is 14.6 Å². The molecule has 41 heavy (non-hydrogen) atoms. The minimum Gasteiger partial charge on any atom is -0.508 e. The second kappa shape index (κ2) is 10.4. The van der Waals surface area contributed by atoms with E-state index in [1.807, 2.05) is 6.07 Å². The summed E-state index contributed by atoms with van der Waals surface area (Å²) in [4.78, 5) is 36.2. The molecule has 1 aliphatic heterocycles. The van der Waals surface area contributed by atoms with E-state index in [0.29, 0.717) is 59.7 Å². The number of hydrogen-bond acceptors (Lipinski definition) is 7. The molecule has 10 heteroatoms. The lowest BCUT2D eigenvalue weighted by Crippen LogP contribution is -2.29. The van der Waals surface area contributed by atoms with Gasteiger partial charge in [-0.2, -0.15) is 0 Å². The Hall–Kier alpha value is -5.22. The first-order chi connectivity index (χ1) is 19.8. The standard InChI is InChI=1S/C31H27N5O5/c1-19(37)20-4-6-21(7-5-20)26-9-8-24(16-28(26)38)35-27-3-2-12-33-29(27)36(31(35)41)25-11-14-34(18-25)17-23-15-22(30(39)40)10-13-32-23/h2-10,12-13,15-16,25,37-38H,1,11,14,17-18H2,(H,39,40)/t25-/m0/s1. The molecule has 1 saturated heterocycles. The molecule has 1 fully saturated rings. The third-order valence-corrected chi connectivity index (χ3v) is 7.46. The molecular weight excluding hydrogens is 522 g/mol. The van der Waals surface area contributed by atoms with Gasteiger partial charge in [-0.3, -0.25) is 19.0 Å². The molecular formula is C31H27N5O5. The number of aromatic nitrogens is 4. The number of nitrogens with zero attached hydrogens (tertiary/aromatic N) is 5. The average Bonchev–Trinajstić information content (AvgIpc) is 3.54. The number of carboxylic acids is 1. The van der Waals surface area contributed by atoms with E-state index in [-0.39, 0.29) is 28.8 Å². The maximum atomic E-state index is 13.9. The molecule has 2 aromatic carbocycles. The van der Waals surface area contributed by atoms with E-state index in [9.17, 15) is 24.9 Å². The second-order valence-electron chi connectivity index (χ2n) is 10.1. The normalized spacial score (nSPS) is 15.4. The van der Waals surface area contributed by atoms with Gasteiger partial charge in [-0.05, 0) is 48.4 Å². The smallest absolute Gasteiger partial charge is 0.335 e. The number of likely N-dealkylation sites (tertiary alicyclic amines) is 1. The zero-order valence-corrected chi connectivity index (χ0v) is 22.0. The van der Waals surface area contributed by atoms with Crippen molar-refractivity contribution in [1.29, 1.82) is 0 Å². The number of aromatic carboxylic acids is 1. The molecule has 3 N–H and O–H groups in total. The van der Waals surface area contributed by atoms with Crippen molar-refractivity contribution in [1.82, 2.24) is 24.0 Å². The Balaban J connectivity index is 1.31. The number of fused-ring (bicyclic) bond motifs is 1. The van der Waals surface area contributed by atoms with Crippen LogP contribution < -0.4 is 5.69 Å². The van der Waals surface area contributed by atoms with Crippen molar-refractivity contribution in [3.8, 4) is 22.6 Å². The zero-order chi connectivity index (χ0) is 28.7. The summed E-state index contributed by atoms with van der Waals surface area (Å²) < 4.78 is 3.27. The molecule has 0 saturated carbocycles. The van der Waals surface area contributed by atoms with Crippen LogP contribution in [0, 0.1) is 0 Å². The van der Waals surface area contributed by atoms with Crippen molar-refractivity contribution in [3.63, 3.8) is 0 Å². The fourth-order valence-electron chi connectivity index (χ4n) is 5.47. The van der Waals surface area contributed by atoms with E-state index < -0.39 is 5.97 Å². The molecule has 0 radical (unpaired) electrons. The van der Waals surface area contributed by atoms with Gasteiger partial charge in [0, 0.05) is 49.2 Å². The maximum absolute atomic E-state index is 13.9. The molecule has 206 valence electrons. The summed E-state index contributed by atoms with van der Waals surface area (Å²) in [7, 11) is 0. The molecule has 1 aliphatic rings. The molecule has 6 rings (SSSR count). The molecule has 4 heterocycles. The number of benzene rings is 2.